The summed E-state index contributed by atoms with van der Waals surface area (Å²) in [7, 11) is -3.69. The fourth-order valence-corrected chi connectivity index (χ4v) is 2.66. The van der Waals surface area contributed by atoms with Crippen molar-refractivity contribution in [1.82, 2.24) is 0 Å². The minimum atomic E-state index is -3.69. The Hall–Kier alpha value is -1.85. The van der Waals surface area contributed by atoms with E-state index in [-0.39, 0.29) is 4.90 Å². The molecule has 0 unspecified atom stereocenters. The van der Waals surface area contributed by atoms with Gasteiger partial charge in [-0.15, -0.1) is 0 Å². The zero-order valence-electron chi connectivity index (χ0n) is 9.95. The molecule has 4 nitrogen and oxygen atoms in total. The van der Waals surface area contributed by atoms with Gasteiger partial charge in [0.2, 0.25) is 0 Å². The van der Waals surface area contributed by atoms with Gasteiger partial charge in [-0.2, -0.15) is 8.42 Å². The lowest BCUT2D eigenvalue weighted by Crippen LogP contribution is -2.37. The van der Waals surface area contributed by atoms with Gasteiger partial charge in [0.25, 0.3) is 10.0 Å². The molecular weight excluding hydrogens is 248 g/mol. The highest BCUT2D eigenvalue weighted by atomic mass is 32.2. The number of aryl methyl sites for hydroxylation is 1. The topological polar surface area (TPSA) is 63.4 Å². The molecule has 0 saturated carbocycles. The van der Waals surface area contributed by atoms with E-state index in [1.807, 2.05) is 19.1 Å². The molecule has 0 amide bonds. The predicted molar refractivity (Wildman–Crippen MR) is 71.5 cm³/mol. The van der Waals surface area contributed by atoms with Gasteiger partial charge < -0.3 is 0 Å². The first-order chi connectivity index (χ1) is 8.51. The van der Waals surface area contributed by atoms with Crippen molar-refractivity contribution in [2.24, 2.45) is 5.84 Å². The van der Waals surface area contributed by atoms with Crippen molar-refractivity contribution < 1.29 is 8.42 Å². The number of anilines is 1. The molecule has 2 rings (SSSR count). The summed E-state index contributed by atoms with van der Waals surface area (Å²) in [6.07, 6.45) is 0. The number of nitrogens with two attached hydrogens (primary N) is 1. The maximum Gasteiger partial charge on any atom is 0.277 e. The monoisotopic (exact) mass is 262 g/mol. The number of sulfonamides is 1. The predicted octanol–water partition coefficient (Wildman–Crippen LogP) is 2.06. The Morgan fingerprint density at radius 3 is 2.06 bits per heavy atom. The summed E-state index contributed by atoms with van der Waals surface area (Å²) in [6.45, 7) is 1.93. The fourth-order valence-electron chi connectivity index (χ4n) is 1.54. The van der Waals surface area contributed by atoms with Gasteiger partial charge >= 0.3 is 0 Å². The number of rotatable bonds is 3. The van der Waals surface area contributed by atoms with Gasteiger partial charge in [0.1, 0.15) is 0 Å². The molecule has 0 fully saturated rings. The molecule has 0 saturated heterocycles. The van der Waals surface area contributed by atoms with Crippen LogP contribution in [0.1, 0.15) is 5.56 Å². The van der Waals surface area contributed by atoms with Crippen molar-refractivity contribution in [1.29, 1.82) is 0 Å². The number of hydrogen-bond acceptors (Lipinski definition) is 3. The molecule has 5 heteroatoms. The standard InChI is InChI=1S/C13H14N2O2S/c1-11-7-9-12(10-8-11)15(14)18(16,17)13-5-3-2-4-6-13/h2-10H,14H2,1H3. The van der Waals surface area contributed by atoms with Gasteiger partial charge in [-0.1, -0.05) is 35.9 Å². The highest BCUT2D eigenvalue weighted by Crippen LogP contribution is 2.20. The Morgan fingerprint density at radius 2 is 1.50 bits per heavy atom. The molecule has 0 aliphatic rings. The summed E-state index contributed by atoms with van der Waals surface area (Å²) < 4.78 is 25.2. The summed E-state index contributed by atoms with van der Waals surface area (Å²) in [5, 5.41) is 0. The van der Waals surface area contributed by atoms with E-state index in [1.54, 1.807) is 30.3 Å². The van der Waals surface area contributed by atoms with Crippen LogP contribution in [0.3, 0.4) is 0 Å². The van der Waals surface area contributed by atoms with Crippen LogP contribution in [0.4, 0.5) is 5.69 Å². The van der Waals surface area contributed by atoms with Crippen molar-refractivity contribution in [2.75, 3.05) is 4.41 Å². The van der Waals surface area contributed by atoms with Crippen molar-refractivity contribution in [2.45, 2.75) is 11.8 Å². The summed E-state index contributed by atoms with van der Waals surface area (Å²) in [6, 6.07) is 15.1. The van der Waals surface area contributed by atoms with E-state index in [9.17, 15) is 8.42 Å². The molecule has 0 spiro atoms. The summed E-state index contributed by atoms with van der Waals surface area (Å²) in [4.78, 5) is 0.174. The molecule has 0 atom stereocenters. The summed E-state index contributed by atoms with van der Waals surface area (Å²) in [5.74, 6) is 5.70. The third kappa shape index (κ3) is 2.37. The maximum atomic E-state index is 12.2. The van der Waals surface area contributed by atoms with Crippen molar-refractivity contribution in [3.05, 3.63) is 60.2 Å². The molecule has 0 heterocycles. The molecular formula is C13H14N2O2S. The van der Waals surface area contributed by atoms with Crippen LogP contribution in [-0.4, -0.2) is 8.42 Å². The van der Waals surface area contributed by atoms with Crippen molar-refractivity contribution in [3.8, 4) is 0 Å². The van der Waals surface area contributed by atoms with E-state index in [2.05, 4.69) is 0 Å². The molecule has 2 aromatic carbocycles. The van der Waals surface area contributed by atoms with E-state index in [0.717, 1.165) is 9.98 Å². The van der Waals surface area contributed by atoms with E-state index in [1.165, 1.54) is 12.1 Å². The lowest BCUT2D eigenvalue weighted by molar-refractivity contribution is 0.592. The van der Waals surface area contributed by atoms with Crippen molar-refractivity contribution >= 4 is 15.7 Å². The minimum absolute atomic E-state index is 0.174. The first kappa shape index (κ1) is 12.6. The lowest BCUT2D eigenvalue weighted by atomic mass is 10.2. The number of nitrogens with zero attached hydrogens (tertiary/aromatic N) is 1. The zero-order chi connectivity index (χ0) is 13.2. The molecule has 2 N–H and O–H groups in total. The highest BCUT2D eigenvalue weighted by molar-refractivity contribution is 7.92. The molecule has 2 aromatic rings. The van der Waals surface area contributed by atoms with Crippen LogP contribution in [0.2, 0.25) is 0 Å². The number of benzene rings is 2. The molecule has 94 valence electrons. The van der Waals surface area contributed by atoms with Crippen LogP contribution in [0.15, 0.2) is 59.5 Å². The Balaban J connectivity index is 2.39. The van der Waals surface area contributed by atoms with Gasteiger partial charge in [0, 0.05) is 0 Å². The van der Waals surface area contributed by atoms with E-state index in [4.69, 9.17) is 5.84 Å². The lowest BCUT2D eigenvalue weighted by Gasteiger charge is -2.18. The number of hydrazine groups is 1. The Bertz CT molecular complexity index is 622. The third-order valence-electron chi connectivity index (χ3n) is 2.59. The Morgan fingerprint density at radius 1 is 0.944 bits per heavy atom. The minimum Gasteiger partial charge on any atom is -0.233 e. The molecule has 0 radical (unpaired) electrons. The van der Waals surface area contributed by atoms with Gasteiger partial charge in [0.05, 0.1) is 10.6 Å². The van der Waals surface area contributed by atoms with E-state index in [0.29, 0.717) is 5.69 Å². The Labute approximate surface area is 107 Å². The van der Waals surface area contributed by atoms with Gasteiger partial charge in [-0.3, -0.25) is 0 Å². The van der Waals surface area contributed by atoms with E-state index >= 15 is 0 Å². The van der Waals surface area contributed by atoms with Crippen LogP contribution in [0, 0.1) is 6.92 Å². The SMILES string of the molecule is Cc1ccc(N(N)S(=O)(=O)c2ccccc2)cc1. The first-order valence-corrected chi connectivity index (χ1v) is 6.87. The normalized spacial score (nSPS) is 11.2. The molecule has 0 aliphatic carbocycles. The number of hydrogen-bond donors (Lipinski definition) is 1. The smallest absolute Gasteiger partial charge is 0.233 e. The van der Waals surface area contributed by atoms with Crippen LogP contribution >= 0.6 is 0 Å². The zero-order valence-corrected chi connectivity index (χ0v) is 10.8. The second-order valence-corrected chi connectivity index (χ2v) is 5.76. The van der Waals surface area contributed by atoms with Gasteiger partial charge in [-0.25, -0.2) is 10.3 Å². The average molecular weight is 262 g/mol. The molecule has 0 bridgehead atoms. The van der Waals surface area contributed by atoms with Crippen LogP contribution in [-0.2, 0) is 10.0 Å². The highest BCUT2D eigenvalue weighted by Gasteiger charge is 2.21. The van der Waals surface area contributed by atoms with Crippen LogP contribution < -0.4 is 10.3 Å². The maximum absolute atomic E-state index is 12.2. The quantitative estimate of drug-likeness (QED) is 0.680. The third-order valence-corrected chi connectivity index (χ3v) is 4.19. The van der Waals surface area contributed by atoms with Gasteiger partial charge in [0.15, 0.2) is 0 Å². The fraction of sp³-hybridized carbons (Fsp3) is 0.0769. The molecule has 18 heavy (non-hydrogen) atoms. The van der Waals surface area contributed by atoms with Crippen LogP contribution in [0.5, 0.6) is 0 Å². The summed E-state index contributed by atoms with van der Waals surface area (Å²) in [5.41, 5.74) is 1.48. The summed E-state index contributed by atoms with van der Waals surface area (Å²) >= 11 is 0. The second kappa shape index (κ2) is 4.80. The Kier molecular flexibility index (Phi) is 3.36. The van der Waals surface area contributed by atoms with E-state index < -0.39 is 10.0 Å². The molecule has 0 aliphatic heterocycles. The largest absolute Gasteiger partial charge is 0.277 e. The second-order valence-electron chi connectivity index (χ2n) is 3.95. The average Bonchev–Trinajstić information content (AvgIpc) is 2.40. The first-order valence-electron chi connectivity index (χ1n) is 5.43. The van der Waals surface area contributed by atoms with Crippen LogP contribution in [0.25, 0.3) is 0 Å². The van der Waals surface area contributed by atoms with Crippen molar-refractivity contribution in [3.63, 3.8) is 0 Å². The van der Waals surface area contributed by atoms with Gasteiger partial charge in [-0.05, 0) is 31.2 Å². The molecule has 0 aromatic heterocycles.